The highest BCUT2D eigenvalue weighted by Crippen LogP contribution is 2.38. The van der Waals surface area contributed by atoms with Crippen LogP contribution in [0.5, 0.6) is 11.5 Å². The summed E-state index contributed by atoms with van der Waals surface area (Å²) in [6, 6.07) is 16.2. The van der Waals surface area contributed by atoms with Crippen molar-refractivity contribution in [3.8, 4) is 22.6 Å². The molecule has 0 unspecified atom stereocenters. The number of unbranched alkanes of at least 4 members (excludes halogenated alkanes) is 9. The summed E-state index contributed by atoms with van der Waals surface area (Å²) in [4.78, 5) is 0. The molecular weight excluding hydrogens is 448 g/mol. The van der Waals surface area contributed by atoms with Gasteiger partial charge in [0.15, 0.2) is 0 Å². The van der Waals surface area contributed by atoms with Gasteiger partial charge in [-0.3, -0.25) is 4.55 Å². The van der Waals surface area contributed by atoms with E-state index in [0.29, 0.717) is 19.6 Å². The van der Waals surface area contributed by atoms with Gasteiger partial charge in [0.05, 0.1) is 24.5 Å². The van der Waals surface area contributed by atoms with Gasteiger partial charge in [0, 0.05) is 0 Å². The third-order valence-electron chi connectivity index (χ3n) is 5.66. The van der Waals surface area contributed by atoms with Crippen molar-refractivity contribution in [3.05, 3.63) is 61.2 Å². The molecule has 0 spiro atoms. The largest absolute Gasteiger partial charge is 0.493 e. The predicted molar refractivity (Wildman–Crippen MR) is 140 cm³/mol. The summed E-state index contributed by atoms with van der Waals surface area (Å²) in [6.07, 6.45) is 12.8. The molecule has 0 fully saturated rings. The highest BCUT2D eigenvalue weighted by molar-refractivity contribution is 7.85. The van der Waals surface area contributed by atoms with Crippen LogP contribution < -0.4 is 9.47 Å². The van der Waals surface area contributed by atoms with Crippen molar-refractivity contribution in [2.24, 2.45) is 0 Å². The monoisotopic (exact) mass is 488 g/mol. The lowest BCUT2D eigenvalue weighted by Crippen LogP contribution is -2.03. The zero-order chi connectivity index (χ0) is 24.5. The molecule has 0 aliphatic heterocycles. The maximum atomic E-state index is 10.7. The van der Waals surface area contributed by atoms with Gasteiger partial charge in [-0.05, 0) is 56.2 Å². The number of allylic oxidation sites excluding steroid dienone is 1. The second kappa shape index (κ2) is 16.3. The van der Waals surface area contributed by atoms with Crippen LogP contribution in [-0.4, -0.2) is 31.9 Å². The van der Waals surface area contributed by atoms with Crippen LogP contribution in [0.1, 0.15) is 70.6 Å². The Labute approximate surface area is 205 Å². The van der Waals surface area contributed by atoms with Crippen LogP contribution in [0.4, 0.5) is 0 Å². The van der Waals surface area contributed by atoms with E-state index in [1.807, 2.05) is 42.5 Å². The summed E-state index contributed by atoms with van der Waals surface area (Å²) in [5.74, 6) is 1.57. The minimum Gasteiger partial charge on any atom is -0.493 e. The molecule has 5 nitrogen and oxygen atoms in total. The van der Waals surface area contributed by atoms with Gasteiger partial charge in [-0.15, -0.1) is 6.58 Å². The van der Waals surface area contributed by atoms with E-state index in [9.17, 15) is 8.42 Å². The summed E-state index contributed by atoms with van der Waals surface area (Å²) in [7, 11) is -3.82. The second-order valence-electron chi connectivity index (χ2n) is 8.59. The molecular formula is C28H40O5S. The molecule has 0 radical (unpaired) electrons. The van der Waals surface area contributed by atoms with Gasteiger partial charge < -0.3 is 9.47 Å². The molecule has 188 valence electrons. The Morgan fingerprint density at radius 2 is 1.24 bits per heavy atom. The van der Waals surface area contributed by atoms with Crippen LogP contribution in [0, 0.1) is 0 Å². The Morgan fingerprint density at radius 3 is 1.79 bits per heavy atom. The van der Waals surface area contributed by atoms with Gasteiger partial charge in [0.1, 0.15) is 11.5 Å². The fraction of sp³-hybridized carbons (Fsp3) is 0.500. The van der Waals surface area contributed by atoms with Crippen molar-refractivity contribution in [1.29, 1.82) is 0 Å². The molecule has 0 bridgehead atoms. The molecule has 0 aliphatic carbocycles. The Hall–Kier alpha value is -2.31. The van der Waals surface area contributed by atoms with E-state index in [1.54, 1.807) is 0 Å². The maximum absolute atomic E-state index is 10.7. The van der Waals surface area contributed by atoms with Crippen molar-refractivity contribution in [2.45, 2.75) is 70.6 Å². The van der Waals surface area contributed by atoms with Crippen LogP contribution >= 0.6 is 0 Å². The second-order valence-corrected chi connectivity index (χ2v) is 10.2. The predicted octanol–water partition coefficient (Wildman–Crippen LogP) is 7.48. The van der Waals surface area contributed by atoms with Crippen LogP contribution in [0.2, 0.25) is 0 Å². The van der Waals surface area contributed by atoms with Crippen LogP contribution in [0.15, 0.2) is 61.2 Å². The van der Waals surface area contributed by atoms with E-state index in [2.05, 4.69) is 18.7 Å². The third-order valence-corrected chi connectivity index (χ3v) is 6.47. The van der Waals surface area contributed by atoms with Gasteiger partial charge in [0.25, 0.3) is 10.1 Å². The normalized spacial score (nSPS) is 11.3. The first-order chi connectivity index (χ1) is 16.5. The van der Waals surface area contributed by atoms with Gasteiger partial charge in [-0.2, -0.15) is 8.42 Å². The molecule has 2 aromatic rings. The van der Waals surface area contributed by atoms with Crippen molar-refractivity contribution >= 4 is 10.1 Å². The highest BCUT2D eigenvalue weighted by Gasteiger charge is 2.13. The zero-order valence-corrected chi connectivity index (χ0v) is 21.1. The molecule has 1 N–H and O–H groups in total. The topological polar surface area (TPSA) is 72.8 Å². The van der Waals surface area contributed by atoms with E-state index in [4.69, 9.17) is 14.0 Å². The summed E-state index contributed by atoms with van der Waals surface area (Å²) < 4.78 is 42.5. The molecule has 34 heavy (non-hydrogen) atoms. The average molecular weight is 489 g/mol. The van der Waals surface area contributed by atoms with Crippen molar-refractivity contribution in [2.75, 3.05) is 19.0 Å². The summed E-state index contributed by atoms with van der Waals surface area (Å²) in [5.41, 5.74) is 2.10. The smallest absolute Gasteiger partial charge is 0.264 e. The standard InChI is InChI=1S/C28H40O5S/c1-2-3-4-8-14-22-32-26-20-17-21-27(28(26)25-18-12-11-13-19-25)33-23-15-9-6-5-7-10-16-24-34(29,30)31/h2,11-13,17-21H,1,3-10,14-16,22-24H2,(H,29,30,31). The summed E-state index contributed by atoms with van der Waals surface area (Å²) in [5, 5.41) is 0. The number of benzene rings is 2. The minimum absolute atomic E-state index is 0.136. The fourth-order valence-electron chi connectivity index (χ4n) is 3.84. The first-order valence-electron chi connectivity index (χ1n) is 12.5. The summed E-state index contributed by atoms with van der Waals surface area (Å²) in [6.45, 7) is 5.10. The lowest BCUT2D eigenvalue weighted by atomic mass is 10.0. The van der Waals surface area contributed by atoms with E-state index in [1.165, 1.54) is 0 Å². The third kappa shape index (κ3) is 11.7. The van der Waals surface area contributed by atoms with Gasteiger partial charge in [-0.1, -0.05) is 74.6 Å². The number of hydrogen-bond acceptors (Lipinski definition) is 4. The number of rotatable bonds is 19. The first-order valence-corrected chi connectivity index (χ1v) is 14.1. The average Bonchev–Trinajstić information content (AvgIpc) is 2.82. The Morgan fingerprint density at radius 1 is 0.706 bits per heavy atom. The molecule has 2 aromatic carbocycles. The SMILES string of the molecule is C=CCCCCCOc1cccc(OCCCCCCCCCS(=O)(=O)O)c1-c1ccccc1. The minimum atomic E-state index is -3.82. The molecule has 2 rings (SSSR count). The van der Waals surface area contributed by atoms with Crippen molar-refractivity contribution < 1.29 is 22.4 Å². The van der Waals surface area contributed by atoms with Crippen molar-refractivity contribution in [1.82, 2.24) is 0 Å². The van der Waals surface area contributed by atoms with Gasteiger partial charge >= 0.3 is 0 Å². The van der Waals surface area contributed by atoms with Crippen LogP contribution in [0.25, 0.3) is 11.1 Å². The lowest BCUT2D eigenvalue weighted by Gasteiger charge is -2.17. The van der Waals surface area contributed by atoms with E-state index in [0.717, 1.165) is 86.8 Å². The molecule has 0 aromatic heterocycles. The highest BCUT2D eigenvalue weighted by atomic mass is 32.2. The van der Waals surface area contributed by atoms with Gasteiger partial charge in [0.2, 0.25) is 0 Å². The lowest BCUT2D eigenvalue weighted by molar-refractivity contribution is 0.292. The fourth-order valence-corrected chi connectivity index (χ4v) is 4.41. The molecule has 0 aliphatic rings. The number of hydrogen-bond donors (Lipinski definition) is 1. The number of ether oxygens (including phenoxy) is 2. The van der Waals surface area contributed by atoms with E-state index >= 15 is 0 Å². The maximum Gasteiger partial charge on any atom is 0.264 e. The van der Waals surface area contributed by atoms with Gasteiger partial charge in [-0.25, -0.2) is 0 Å². The molecule has 0 atom stereocenters. The molecule has 0 saturated carbocycles. The zero-order valence-electron chi connectivity index (χ0n) is 20.3. The first kappa shape index (κ1) is 27.9. The Kier molecular flexibility index (Phi) is 13.4. The summed E-state index contributed by atoms with van der Waals surface area (Å²) >= 11 is 0. The molecule has 6 heteroatoms. The van der Waals surface area contributed by atoms with Crippen molar-refractivity contribution in [3.63, 3.8) is 0 Å². The van der Waals surface area contributed by atoms with Crippen LogP contribution in [0.3, 0.4) is 0 Å². The molecule has 0 saturated heterocycles. The quantitative estimate of drug-likeness (QED) is 0.126. The van der Waals surface area contributed by atoms with Crippen LogP contribution in [-0.2, 0) is 10.1 Å². The molecule has 0 amide bonds. The Bertz CT molecular complexity index is 925. The Balaban J connectivity index is 1.80. The van der Waals surface area contributed by atoms with E-state index < -0.39 is 10.1 Å². The molecule has 0 heterocycles. The van der Waals surface area contributed by atoms with E-state index in [-0.39, 0.29) is 5.75 Å².